The largest absolute Gasteiger partial charge is 0.333 e. The Morgan fingerprint density at radius 3 is 2.30 bits per heavy atom. The van der Waals surface area contributed by atoms with Crippen LogP contribution in [0.25, 0.3) is 11.0 Å². The summed E-state index contributed by atoms with van der Waals surface area (Å²) in [5, 5.41) is 22.3. The van der Waals surface area contributed by atoms with Crippen molar-refractivity contribution >= 4 is 50.1 Å². The van der Waals surface area contributed by atoms with E-state index in [1.807, 2.05) is 18.2 Å². The van der Waals surface area contributed by atoms with Crippen LogP contribution in [0.3, 0.4) is 0 Å². The van der Waals surface area contributed by atoms with Gasteiger partial charge in [-0.05, 0) is 18.2 Å². The molecule has 116 valence electrons. The maximum absolute atomic E-state index is 10.9. The van der Waals surface area contributed by atoms with Gasteiger partial charge in [-0.1, -0.05) is 27.7 Å². The summed E-state index contributed by atoms with van der Waals surface area (Å²) in [5.74, 6) is 0. The van der Waals surface area contributed by atoms with Crippen molar-refractivity contribution in [1.29, 1.82) is 0 Å². The Labute approximate surface area is 141 Å². The lowest BCUT2D eigenvalue weighted by atomic mass is 10.3. The molecule has 1 N–H and O–H groups in total. The van der Waals surface area contributed by atoms with Crippen molar-refractivity contribution in [1.82, 2.24) is 9.97 Å². The van der Waals surface area contributed by atoms with Crippen LogP contribution < -0.4 is 0 Å². The number of nitro groups is 2. The quantitative estimate of drug-likeness (QED) is 0.521. The third-order valence-electron chi connectivity index (χ3n) is 2.93. The van der Waals surface area contributed by atoms with E-state index in [9.17, 15) is 20.2 Å². The third kappa shape index (κ3) is 3.32. The topological polar surface area (TPSA) is 115 Å². The molecule has 2 aromatic carbocycles. The highest BCUT2D eigenvalue weighted by atomic mass is 79.9. The Balaban J connectivity index is 2.00. The van der Waals surface area contributed by atoms with Crippen molar-refractivity contribution in [3.63, 3.8) is 0 Å². The Kier molecular flexibility index (Phi) is 4.01. The Morgan fingerprint density at radius 2 is 1.70 bits per heavy atom. The number of imidazole rings is 1. The number of nitrogens with zero attached hydrogens (tertiary/aromatic N) is 3. The number of nitro benzene ring substituents is 2. The molecule has 0 saturated carbocycles. The van der Waals surface area contributed by atoms with E-state index >= 15 is 0 Å². The Hall–Kier alpha value is -2.46. The van der Waals surface area contributed by atoms with Crippen LogP contribution in [0.2, 0.25) is 0 Å². The molecule has 0 bridgehead atoms. The lowest BCUT2D eigenvalue weighted by molar-refractivity contribution is -0.394. The molecule has 1 heterocycles. The van der Waals surface area contributed by atoms with E-state index in [-0.39, 0.29) is 11.4 Å². The molecule has 0 atom stereocenters. The number of hydrogen-bond donors (Lipinski definition) is 1. The van der Waals surface area contributed by atoms with Gasteiger partial charge in [-0.25, -0.2) is 4.98 Å². The van der Waals surface area contributed by atoms with Gasteiger partial charge in [-0.2, -0.15) is 0 Å². The van der Waals surface area contributed by atoms with Crippen LogP contribution in [0.4, 0.5) is 11.4 Å². The fourth-order valence-corrected chi connectivity index (χ4v) is 3.20. The highest BCUT2D eigenvalue weighted by Crippen LogP contribution is 2.33. The van der Waals surface area contributed by atoms with Gasteiger partial charge in [0.1, 0.15) is 0 Å². The summed E-state index contributed by atoms with van der Waals surface area (Å²) < 4.78 is 0.885. The average Bonchev–Trinajstić information content (AvgIpc) is 2.87. The van der Waals surface area contributed by atoms with Crippen molar-refractivity contribution < 1.29 is 9.85 Å². The zero-order valence-electron chi connectivity index (χ0n) is 11.2. The van der Waals surface area contributed by atoms with Gasteiger partial charge in [0.15, 0.2) is 5.16 Å². The lowest BCUT2D eigenvalue weighted by Crippen LogP contribution is -1.93. The van der Waals surface area contributed by atoms with E-state index in [2.05, 4.69) is 25.9 Å². The third-order valence-corrected chi connectivity index (χ3v) is 4.29. The summed E-state index contributed by atoms with van der Waals surface area (Å²) >= 11 is 4.45. The summed E-state index contributed by atoms with van der Waals surface area (Å²) in [6, 6.07) is 9.00. The molecule has 0 unspecified atom stereocenters. The maximum Gasteiger partial charge on any atom is 0.277 e. The summed E-state index contributed by atoms with van der Waals surface area (Å²) in [5.41, 5.74) is 0.860. The number of fused-ring (bicyclic) bond motifs is 1. The van der Waals surface area contributed by atoms with Gasteiger partial charge in [-0.3, -0.25) is 20.2 Å². The van der Waals surface area contributed by atoms with Crippen molar-refractivity contribution in [2.24, 2.45) is 0 Å². The molecule has 0 fully saturated rings. The molecule has 10 heteroatoms. The normalized spacial score (nSPS) is 10.8. The first-order valence-electron chi connectivity index (χ1n) is 6.19. The van der Waals surface area contributed by atoms with E-state index in [0.29, 0.717) is 10.1 Å². The smallest absolute Gasteiger partial charge is 0.277 e. The van der Waals surface area contributed by atoms with Crippen LogP contribution in [-0.2, 0) is 0 Å². The second kappa shape index (κ2) is 5.97. The molecule has 1 aromatic heterocycles. The number of H-pyrrole nitrogens is 1. The van der Waals surface area contributed by atoms with Crippen LogP contribution in [0.5, 0.6) is 0 Å². The zero-order chi connectivity index (χ0) is 16.6. The first kappa shape index (κ1) is 15.4. The van der Waals surface area contributed by atoms with Gasteiger partial charge in [0.25, 0.3) is 11.4 Å². The Morgan fingerprint density at radius 1 is 1.04 bits per heavy atom. The van der Waals surface area contributed by atoms with E-state index < -0.39 is 9.85 Å². The van der Waals surface area contributed by atoms with Crippen LogP contribution in [0, 0.1) is 20.2 Å². The number of non-ortho nitro benzene ring substituents is 2. The number of aromatic nitrogens is 2. The van der Waals surface area contributed by atoms with E-state index in [1.165, 1.54) is 12.1 Å². The number of benzene rings is 2. The van der Waals surface area contributed by atoms with E-state index in [0.717, 1.165) is 33.3 Å². The second-order valence-electron chi connectivity index (χ2n) is 4.50. The number of halogens is 1. The number of hydrogen-bond acceptors (Lipinski definition) is 6. The van der Waals surface area contributed by atoms with Gasteiger partial charge in [0, 0.05) is 21.5 Å². The highest BCUT2D eigenvalue weighted by Gasteiger charge is 2.17. The number of rotatable bonds is 4. The SMILES string of the molecule is O=[N+]([O-])c1cc(Sc2nc3ccc(Br)cc3[nH]2)cc([N+](=O)[O-])c1. The molecule has 0 spiro atoms. The number of aromatic amines is 1. The fraction of sp³-hybridized carbons (Fsp3) is 0. The van der Waals surface area contributed by atoms with Crippen molar-refractivity contribution in [2.45, 2.75) is 10.1 Å². The molecular weight excluding hydrogens is 388 g/mol. The molecule has 3 aromatic rings. The van der Waals surface area contributed by atoms with Crippen LogP contribution in [0.1, 0.15) is 0 Å². The molecule has 0 saturated heterocycles. The first-order chi connectivity index (χ1) is 10.9. The van der Waals surface area contributed by atoms with Crippen LogP contribution >= 0.6 is 27.7 Å². The van der Waals surface area contributed by atoms with Gasteiger partial charge in [0.2, 0.25) is 0 Å². The van der Waals surface area contributed by atoms with Gasteiger partial charge < -0.3 is 4.98 Å². The predicted octanol–water partition coefficient (Wildman–Crippen LogP) is 4.29. The standard InChI is InChI=1S/C13H7BrN4O4S/c14-7-1-2-11-12(3-7)16-13(15-11)23-10-5-8(17(19)20)4-9(6-10)18(21)22/h1-6H,(H,15,16). The molecule has 0 amide bonds. The number of nitrogens with one attached hydrogen (secondary N) is 1. The van der Waals surface area contributed by atoms with Gasteiger partial charge in [-0.15, -0.1) is 0 Å². The summed E-state index contributed by atoms with van der Waals surface area (Å²) in [4.78, 5) is 28.3. The minimum Gasteiger partial charge on any atom is -0.333 e. The van der Waals surface area contributed by atoms with E-state index in [4.69, 9.17) is 0 Å². The molecule has 3 rings (SSSR count). The predicted molar refractivity (Wildman–Crippen MR) is 87.7 cm³/mol. The fourth-order valence-electron chi connectivity index (χ4n) is 1.96. The first-order valence-corrected chi connectivity index (χ1v) is 7.80. The minimum atomic E-state index is -0.660. The van der Waals surface area contributed by atoms with E-state index in [1.54, 1.807) is 0 Å². The van der Waals surface area contributed by atoms with Crippen molar-refractivity contribution in [2.75, 3.05) is 0 Å². The monoisotopic (exact) mass is 394 g/mol. The molecule has 8 nitrogen and oxygen atoms in total. The molecule has 23 heavy (non-hydrogen) atoms. The minimum absolute atomic E-state index is 0.333. The molecular formula is C13H7BrN4O4S. The molecule has 0 radical (unpaired) electrons. The summed E-state index contributed by atoms with van der Waals surface area (Å²) in [6.07, 6.45) is 0. The molecule has 0 aliphatic heterocycles. The highest BCUT2D eigenvalue weighted by molar-refractivity contribution is 9.10. The molecule has 0 aliphatic carbocycles. The van der Waals surface area contributed by atoms with Crippen molar-refractivity contribution in [3.05, 3.63) is 61.1 Å². The summed E-state index contributed by atoms with van der Waals surface area (Å²) in [6.45, 7) is 0. The summed E-state index contributed by atoms with van der Waals surface area (Å²) in [7, 11) is 0. The average molecular weight is 395 g/mol. The Bertz CT molecular complexity index is 911. The van der Waals surface area contributed by atoms with Crippen LogP contribution in [0.15, 0.2) is 50.9 Å². The van der Waals surface area contributed by atoms with Gasteiger partial charge >= 0.3 is 0 Å². The maximum atomic E-state index is 10.9. The second-order valence-corrected chi connectivity index (χ2v) is 6.48. The zero-order valence-corrected chi connectivity index (χ0v) is 13.6. The van der Waals surface area contributed by atoms with Crippen LogP contribution in [-0.4, -0.2) is 19.8 Å². The lowest BCUT2D eigenvalue weighted by Gasteiger charge is -1.99. The van der Waals surface area contributed by atoms with Gasteiger partial charge in [0.05, 0.1) is 26.9 Å². The van der Waals surface area contributed by atoms with Crippen molar-refractivity contribution in [3.8, 4) is 0 Å². The molecule has 0 aliphatic rings.